The highest BCUT2D eigenvalue weighted by atomic mass is 19.4. The Hall–Kier alpha value is -2.71. The van der Waals surface area contributed by atoms with E-state index in [0.717, 1.165) is 6.07 Å². The van der Waals surface area contributed by atoms with Gasteiger partial charge >= 0.3 is 6.18 Å². The van der Waals surface area contributed by atoms with E-state index >= 15 is 0 Å². The van der Waals surface area contributed by atoms with Crippen molar-refractivity contribution in [3.8, 4) is 17.2 Å². The zero-order valence-corrected chi connectivity index (χ0v) is 12.2. The normalized spacial score (nSPS) is 14.8. The van der Waals surface area contributed by atoms with Gasteiger partial charge in [0.1, 0.15) is 11.3 Å². The van der Waals surface area contributed by atoms with Crippen molar-refractivity contribution in [2.24, 2.45) is 0 Å². The first-order chi connectivity index (χ1) is 11.6. The van der Waals surface area contributed by atoms with Crippen molar-refractivity contribution in [1.29, 1.82) is 0 Å². The van der Waals surface area contributed by atoms with Crippen LogP contribution < -0.4 is 0 Å². The molecule has 0 bridgehead atoms. The number of aromatic nitrogens is 1. The summed E-state index contributed by atoms with van der Waals surface area (Å²) in [4.78, 5) is 3.90. The molecule has 3 nitrogen and oxygen atoms in total. The van der Waals surface area contributed by atoms with E-state index in [9.17, 15) is 31.4 Å². The van der Waals surface area contributed by atoms with Gasteiger partial charge in [0.05, 0.1) is 0 Å². The van der Waals surface area contributed by atoms with E-state index in [2.05, 4.69) is 4.98 Å². The number of benzene rings is 2. The zero-order chi connectivity index (χ0) is 18.4. The second kappa shape index (κ2) is 5.68. The van der Waals surface area contributed by atoms with Crippen LogP contribution in [0.2, 0.25) is 0 Å². The average Bonchev–Trinajstić information content (AvgIpc) is 2.96. The van der Waals surface area contributed by atoms with Crippen LogP contribution in [0.25, 0.3) is 22.6 Å². The molecule has 2 aromatic carbocycles. The lowest BCUT2D eigenvalue weighted by molar-refractivity contribution is -0.274. The maximum atomic E-state index is 14.1. The lowest BCUT2D eigenvalue weighted by Gasteiger charge is -2.27. The summed E-state index contributed by atoms with van der Waals surface area (Å²) in [6.07, 6.45) is -10.1. The van der Waals surface area contributed by atoms with Gasteiger partial charge in [0.2, 0.25) is 5.89 Å². The summed E-state index contributed by atoms with van der Waals surface area (Å²) in [6, 6.07) is 7.68. The van der Waals surface area contributed by atoms with Crippen LogP contribution in [-0.4, -0.2) is 22.7 Å². The number of nitrogens with zero attached hydrogens (tertiary/aromatic N) is 1. The number of hydrogen-bond acceptors (Lipinski definition) is 3. The lowest BCUT2D eigenvalue weighted by atomic mass is 9.95. The number of phenols is 1. The molecule has 0 saturated carbocycles. The highest BCUT2D eigenvalue weighted by Crippen LogP contribution is 2.47. The van der Waals surface area contributed by atoms with Gasteiger partial charge in [-0.15, -0.1) is 0 Å². The second-order valence-electron chi connectivity index (χ2n) is 5.26. The van der Waals surface area contributed by atoms with Crippen LogP contribution in [0.5, 0.6) is 5.75 Å². The van der Waals surface area contributed by atoms with Gasteiger partial charge in [-0.05, 0) is 36.4 Å². The molecule has 1 unspecified atom stereocenters. The molecule has 132 valence electrons. The Labute approximate surface area is 136 Å². The fourth-order valence-corrected chi connectivity index (χ4v) is 2.29. The Morgan fingerprint density at radius 3 is 2.16 bits per heavy atom. The van der Waals surface area contributed by atoms with Crippen molar-refractivity contribution in [2.45, 2.75) is 18.3 Å². The van der Waals surface area contributed by atoms with Gasteiger partial charge in [-0.2, -0.15) is 13.2 Å². The fraction of sp³-hybridized carbons (Fsp3) is 0.188. The number of phenolic OH excluding ortho intramolecular Hbond substituents is 1. The molecule has 3 rings (SSSR count). The van der Waals surface area contributed by atoms with Crippen LogP contribution in [0.15, 0.2) is 46.9 Å². The molecule has 0 aliphatic heterocycles. The van der Waals surface area contributed by atoms with Crippen LogP contribution in [0.1, 0.15) is 5.56 Å². The van der Waals surface area contributed by atoms with E-state index in [1.807, 2.05) is 0 Å². The highest BCUT2D eigenvalue weighted by Gasteiger charge is 2.64. The monoisotopic (exact) mass is 361 g/mol. The van der Waals surface area contributed by atoms with Gasteiger partial charge in [-0.25, -0.2) is 18.2 Å². The van der Waals surface area contributed by atoms with Crippen molar-refractivity contribution in [2.75, 3.05) is 0 Å². The maximum absolute atomic E-state index is 14.1. The topological polar surface area (TPSA) is 46.3 Å². The van der Waals surface area contributed by atoms with E-state index in [1.165, 1.54) is 24.3 Å². The Morgan fingerprint density at radius 1 is 0.960 bits per heavy atom. The van der Waals surface area contributed by atoms with Crippen molar-refractivity contribution in [3.63, 3.8) is 0 Å². The first kappa shape index (κ1) is 17.1. The number of alkyl halides is 6. The van der Waals surface area contributed by atoms with Crippen LogP contribution in [0, 0.1) is 0 Å². The largest absolute Gasteiger partial charge is 0.508 e. The Kier molecular flexibility index (Phi) is 3.89. The number of hydrogen-bond donors (Lipinski definition) is 1. The van der Waals surface area contributed by atoms with Crippen LogP contribution in [0.4, 0.5) is 26.3 Å². The summed E-state index contributed by atoms with van der Waals surface area (Å²) < 4.78 is 83.5. The molecule has 0 spiro atoms. The standard InChI is InChI=1S/C16H9F6NO2/c17-14(18)15(19,16(20,21)22)9-3-6-12-11(7-9)23-13(25-12)8-1-4-10(24)5-2-8/h1-7,14,24H. The lowest BCUT2D eigenvalue weighted by Crippen LogP contribution is -2.44. The number of aromatic hydroxyl groups is 1. The molecule has 1 N–H and O–H groups in total. The van der Waals surface area contributed by atoms with Gasteiger partial charge in [0.25, 0.3) is 12.1 Å². The van der Waals surface area contributed by atoms with Crippen LogP contribution in [0.3, 0.4) is 0 Å². The minimum absolute atomic E-state index is 0.00520. The van der Waals surface area contributed by atoms with Crippen LogP contribution in [-0.2, 0) is 5.67 Å². The quantitative estimate of drug-likeness (QED) is 0.653. The van der Waals surface area contributed by atoms with E-state index in [4.69, 9.17) is 4.42 Å². The highest BCUT2D eigenvalue weighted by molar-refractivity contribution is 5.77. The number of oxazole rings is 1. The van der Waals surface area contributed by atoms with Gasteiger partial charge in [-0.3, -0.25) is 0 Å². The van der Waals surface area contributed by atoms with Gasteiger partial charge in [0.15, 0.2) is 5.58 Å². The molecule has 0 aliphatic carbocycles. The third-order valence-electron chi connectivity index (χ3n) is 3.64. The summed E-state index contributed by atoms with van der Waals surface area (Å²) in [5, 5.41) is 9.23. The molecular weight excluding hydrogens is 352 g/mol. The molecule has 0 amide bonds. The van der Waals surface area contributed by atoms with E-state index in [1.54, 1.807) is 0 Å². The SMILES string of the molecule is Oc1ccc(-c2nc3cc(C(F)(C(F)F)C(F)(F)F)ccc3o2)cc1. The van der Waals surface area contributed by atoms with Crippen molar-refractivity contribution in [3.05, 3.63) is 48.0 Å². The van der Waals surface area contributed by atoms with Crippen LogP contribution >= 0.6 is 0 Å². The van der Waals surface area contributed by atoms with E-state index in [0.29, 0.717) is 17.7 Å². The third-order valence-corrected chi connectivity index (χ3v) is 3.64. The molecule has 0 saturated heterocycles. The molecule has 25 heavy (non-hydrogen) atoms. The molecular formula is C16H9F6NO2. The van der Waals surface area contributed by atoms with Crippen molar-refractivity contribution in [1.82, 2.24) is 4.98 Å². The minimum Gasteiger partial charge on any atom is -0.508 e. The number of fused-ring (bicyclic) bond motifs is 1. The molecule has 0 aliphatic rings. The molecule has 1 heterocycles. The minimum atomic E-state index is -5.79. The molecule has 1 aromatic heterocycles. The predicted molar refractivity (Wildman–Crippen MR) is 76.0 cm³/mol. The smallest absolute Gasteiger partial charge is 0.432 e. The summed E-state index contributed by atoms with van der Waals surface area (Å²) in [7, 11) is 0. The maximum Gasteiger partial charge on any atom is 0.432 e. The summed E-state index contributed by atoms with van der Waals surface area (Å²) >= 11 is 0. The Balaban J connectivity index is 2.10. The second-order valence-corrected chi connectivity index (χ2v) is 5.26. The molecule has 3 aromatic rings. The van der Waals surface area contributed by atoms with Gasteiger partial charge in [-0.1, -0.05) is 6.07 Å². The first-order valence-electron chi connectivity index (χ1n) is 6.87. The summed E-state index contributed by atoms with van der Waals surface area (Å²) in [6.45, 7) is 0. The number of rotatable bonds is 3. The Bertz CT molecular complexity index is 903. The van der Waals surface area contributed by atoms with Gasteiger partial charge < -0.3 is 9.52 Å². The molecule has 9 heteroatoms. The van der Waals surface area contributed by atoms with E-state index in [-0.39, 0.29) is 22.7 Å². The Morgan fingerprint density at radius 2 is 1.60 bits per heavy atom. The predicted octanol–water partition coefficient (Wildman–Crippen LogP) is 5.19. The molecule has 0 radical (unpaired) electrons. The summed E-state index contributed by atoms with van der Waals surface area (Å²) in [5.74, 6) is -0.0351. The van der Waals surface area contributed by atoms with Gasteiger partial charge in [0, 0.05) is 11.1 Å². The van der Waals surface area contributed by atoms with Crippen molar-refractivity contribution < 1.29 is 35.9 Å². The first-order valence-corrected chi connectivity index (χ1v) is 6.87. The third kappa shape index (κ3) is 2.79. The summed E-state index contributed by atoms with van der Waals surface area (Å²) in [5.41, 5.74) is -5.86. The van der Waals surface area contributed by atoms with E-state index < -0.39 is 23.8 Å². The fourth-order valence-electron chi connectivity index (χ4n) is 2.29. The average molecular weight is 361 g/mol. The van der Waals surface area contributed by atoms with Crippen molar-refractivity contribution >= 4 is 11.1 Å². The molecule has 0 fully saturated rings. The zero-order valence-electron chi connectivity index (χ0n) is 12.2. The number of halogens is 6. The molecule has 1 atom stereocenters.